The maximum Gasteiger partial charge on any atom is 0.409 e. The normalized spacial score (nSPS) is 16.5. The quantitative estimate of drug-likeness (QED) is 0.497. The van der Waals surface area contributed by atoms with Crippen molar-refractivity contribution in [2.24, 2.45) is 0 Å². The molecule has 1 N–H and O–H groups in total. The predicted molar refractivity (Wildman–Crippen MR) is 144 cm³/mol. The molecule has 0 aliphatic carbocycles. The Morgan fingerprint density at radius 3 is 2.40 bits per heavy atom. The molecule has 2 aliphatic rings. The highest BCUT2D eigenvalue weighted by Crippen LogP contribution is 2.38. The zero-order chi connectivity index (χ0) is 28.4. The Hall–Kier alpha value is -4.25. The first-order valence-corrected chi connectivity index (χ1v) is 14.4. The minimum Gasteiger partial charge on any atom is -0.450 e. The van der Waals surface area contributed by atoms with E-state index < -0.39 is 27.5 Å². The monoisotopic (exact) mass is 565 g/mol. The van der Waals surface area contributed by atoms with E-state index in [0.29, 0.717) is 31.5 Å². The number of rotatable bonds is 5. The van der Waals surface area contributed by atoms with Gasteiger partial charge < -0.3 is 19.9 Å². The van der Waals surface area contributed by atoms with Crippen LogP contribution >= 0.6 is 0 Å². The highest BCUT2D eigenvalue weighted by Gasteiger charge is 2.36. The number of benzene rings is 3. The molecule has 0 saturated carbocycles. The van der Waals surface area contributed by atoms with Crippen LogP contribution in [0.1, 0.15) is 46.0 Å². The number of anilines is 1. The highest BCUT2D eigenvalue weighted by molar-refractivity contribution is 7.91. The summed E-state index contributed by atoms with van der Waals surface area (Å²) in [7, 11) is -4.09. The Kier molecular flexibility index (Phi) is 7.57. The van der Waals surface area contributed by atoms with Gasteiger partial charge in [0.25, 0.3) is 11.8 Å². The van der Waals surface area contributed by atoms with Crippen molar-refractivity contribution in [3.05, 3.63) is 89.2 Å². The lowest BCUT2D eigenvalue weighted by molar-refractivity contribution is 0.0858. The Bertz CT molecular complexity index is 1570. The molecule has 1 fully saturated rings. The van der Waals surface area contributed by atoms with E-state index in [4.69, 9.17) is 4.74 Å². The first-order chi connectivity index (χ1) is 19.2. The fourth-order valence-electron chi connectivity index (χ4n) is 4.97. The number of fused-ring (bicyclic) bond motifs is 2. The molecule has 208 valence electrons. The van der Waals surface area contributed by atoms with Crippen LogP contribution in [0.15, 0.2) is 76.5 Å². The Balaban J connectivity index is 1.46. The van der Waals surface area contributed by atoms with Crippen molar-refractivity contribution in [3.8, 4) is 0 Å². The van der Waals surface area contributed by atoms with Gasteiger partial charge in [-0.15, -0.1) is 0 Å². The standard InChI is InChI=1S/C29H28FN3O6S/c1-2-39-29(36)32-15-13-22(14-16-32)31-27(34)20-9-12-26-24(17-20)33(18-19-7-10-21(30)11-8-19)28(35)23-5-3-4-6-25(23)40(26,37)38/h3-12,17,22H,2,13-16,18H2,1H3,(H,31,34). The summed E-state index contributed by atoms with van der Waals surface area (Å²) >= 11 is 0. The molecular weight excluding hydrogens is 537 g/mol. The lowest BCUT2D eigenvalue weighted by Gasteiger charge is -2.31. The molecule has 9 nitrogen and oxygen atoms in total. The van der Waals surface area contributed by atoms with Crippen molar-refractivity contribution < 1.29 is 31.9 Å². The minimum atomic E-state index is -4.09. The first-order valence-electron chi connectivity index (χ1n) is 13.0. The summed E-state index contributed by atoms with van der Waals surface area (Å²) in [4.78, 5) is 41.6. The van der Waals surface area contributed by atoms with Crippen molar-refractivity contribution in [3.63, 3.8) is 0 Å². The molecule has 1 saturated heterocycles. The number of nitrogens with one attached hydrogen (secondary N) is 1. The molecule has 0 unspecified atom stereocenters. The molecule has 40 heavy (non-hydrogen) atoms. The van der Waals surface area contributed by atoms with Crippen LogP contribution in [-0.2, 0) is 21.1 Å². The van der Waals surface area contributed by atoms with Gasteiger partial charge >= 0.3 is 6.09 Å². The lowest BCUT2D eigenvalue weighted by Crippen LogP contribution is -2.46. The third kappa shape index (κ3) is 5.29. The molecule has 0 spiro atoms. The number of hydrogen-bond donors (Lipinski definition) is 1. The number of likely N-dealkylation sites (tertiary alicyclic amines) is 1. The van der Waals surface area contributed by atoms with E-state index in [2.05, 4.69) is 5.32 Å². The van der Waals surface area contributed by atoms with Crippen LogP contribution in [0.2, 0.25) is 0 Å². The van der Waals surface area contributed by atoms with Gasteiger partial charge in [0.2, 0.25) is 9.84 Å². The molecular formula is C29H28FN3O6S. The number of carbonyl (C=O) groups is 3. The number of amides is 3. The summed E-state index contributed by atoms with van der Waals surface area (Å²) < 4.78 is 45.9. The van der Waals surface area contributed by atoms with Crippen molar-refractivity contribution in [1.29, 1.82) is 0 Å². The summed E-state index contributed by atoms with van der Waals surface area (Å²) in [6.45, 7) is 2.86. The second-order valence-corrected chi connectivity index (χ2v) is 11.5. The number of ether oxygens (including phenoxy) is 1. The van der Waals surface area contributed by atoms with Gasteiger partial charge in [-0.05, 0) is 67.8 Å². The number of piperidine rings is 1. The molecule has 3 aromatic rings. The average molecular weight is 566 g/mol. The predicted octanol–water partition coefficient (Wildman–Crippen LogP) is 4.17. The van der Waals surface area contributed by atoms with Crippen molar-refractivity contribution in [2.45, 2.75) is 42.1 Å². The number of hydrogen-bond acceptors (Lipinski definition) is 6. The van der Waals surface area contributed by atoms with Crippen LogP contribution in [0.5, 0.6) is 0 Å². The maximum atomic E-state index is 13.7. The van der Waals surface area contributed by atoms with Crippen molar-refractivity contribution >= 4 is 33.4 Å². The van der Waals surface area contributed by atoms with E-state index in [0.717, 1.165) is 0 Å². The summed E-state index contributed by atoms with van der Waals surface area (Å²) in [5, 5.41) is 2.96. The van der Waals surface area contributed by atoms with Crippen molar-refractivity contribution in [1.82, 2.24) is 10.2 Å². The molecule has 0 radical (unpaired) electrons. The van der Waals surface area contributed by atoms with E-state index in [9.17, 15) is 27.2 Å². The Morgan fingerprint density at radius 2 is 1.70 bits per heavy atom. The molecule has 11 heteroatoms. The molecule has 5 rings (SSSR count). The van der Waals surface area contributed by atoms with E-state index in [1.54, 1.807) is 24.0 Å². The van der Waals surface area contributed by atoms with Gasteiger partial charge in [0, 0.05) is 24.7 Å². The number of sulfone groups is 1. The van der Waals surface area contributed by atoms with Crippen LogP contribution in [0.3, 0.4) is 0 Å². The van der Waals surface area contributed by atoms with E-state index in [-0.39, 0.29) is 51.9 Å². The topological polar surface area (TPSA) is 113 Å². The molecule has 0 bridgehead atoms. The number of nitrogens with zero attached hydrogens (tertiary/aromatic N) is 2. The Morgan fingerprint density at radius 1 is 1.00 bits per heavy atom. The smallest absolute Gasteiger partial charge is 0.409 e. The van der Waals surface area contributed by atoms with Gasteiger partial charge in [0.1, 0.15) is 5.82 Å². The van der Waals surface area contributed by atoms with Crippen molar-refractivity contribution in [2.75, 3.05) is 24.6 Å². The second kappa shape index (κ2) is 11.1. The average Bonchev–Trinajstić information content (AvgIpc) is 3.02. The van der Waals surface area contributed by atoms with Crippen LogP contribution in [0, 0.1) is 5.82 Å². The second-order valence-electron chi connectivity index (χ2n) is 9.63. The van der Waals surface area contributed by atoms with E-state index in [1.165, 1.54) is 59.5 Å². The van der Waals surface area contributed by atoms with Crippen LogP contribution in [0.25, 0.3) is 0 Å². The van der Waals surface area contributed by atoms with Crippen LogP contribution in [0.4, 0.5) is 14.9 Å². The van der Waals surface area contributed by atoms with Gasteiger partial charge in [-0.2, -0.15) is 0 Å². The molecule has 0 aromatic heterocycles. The zero-order valence-corrected chi connectivity index (χ0v) is 22.6. The SMILES string of the molecule is CCOC(=O)N1CCC(NC(=O)c2ccc3c(c2)N(Cc2ccc(F)cc2)C(=O)c2ccccc2S3(=O)=O)CC1. The van der Waals surface area contributed by atoms with Gasteiger partial charge in [-0.25, -0.2) is 17.6 Å². The Labute approximate surface area is 231 Å². The summed E-state index contributed by atoms with van der Waals surface area (Å²) in [6.07, 6.45) is 0.689. The van der Waals surface area contributed by atoms with Crippen LogP contribution in [-0.4, -0.2) is 57.0 Å². The van der Waals surface area contributed by atoms with Crippen LogP contribution < -0.4 is 10.2 Å². The highest BCUT2D eigenvalue weighted by atomic mass is 32.2. The fraction of sp³-hybridized carbons (Fsp3) is 0.276. The van der Waals surface area contributed by atoms with Gasteiger partial charge in [0.15, 0.2) is 0 Å². The number of halogens is 1. The summed E-state index contributed by atoms with van der Waals surface area (Å²) in [5.74, 6) is -1.41. The fourth-order valence-corrected chi connectivity index (χ4v) is 6.60. The minimum absolute atomic E-state index is 0.0140. The van der Waals surface area contributed by atoms with Gasteiger partial charge in [-0.1, -0.05) is 24.3 Å². The van der Waals surface area contributed by atoms with Gasteiger partial charge in [0.05, 0.1) is 34.2 Å². The largest absolute Gasteiger partial charge is 0.450 e. The third-order valence-corrected chi connectivity index (χ3v) is 8.92. The number of carbonyl (C=O) groups excluding carboxylic acids is 3. The zero-order valence-electron chi connectivity index (χ0n) is 21.8. The molecule has 2 aliphatic heterocycles. The maximum absolute atomic E-state index is 13.7. The van der Waals surface area contributed by atoms with Gasteiger partial charge in [-0.3, -0.25) is 9.59 Å². The lowest BCUT2D eigenvalue weighted by atomic mass is 10.0. The molecule has 3 aromatic carbocycles. The molecule has 0 atom stereocenters. The third-order valence-electron chi connectivity index (χ3n) is 7.06. The first kappa shape index (κ1) is 27.3. The van der Waals surface area contributed by atoms with E-state index >= 15 is 0 Å². The summed E-state index contributed by atoms with van der Waals surface area (Å²) in [6, 6.07) is 15.5. The molecule has 2 heterocycles. The summed E-state index contributed by atoms with van der Waals surface area (Å²) in [5.41, 5.74) is 0.848. The van der Waals surface area contributed by atoms with E-state index in [1.807, 2.05) is 0 Å². The molecule has 3 amide bonds.